The number of rotatable bonds is 7. The van der Waals surface area contributed by atoms with E-state index >= 15 is 0 Å². The maximum atomic E-state index is 9.73. The third-order valence-electron chi connectivity index (χ3n) is 5.06. The molecule has 30 heavy (non-hydrogen) atoms. The van der Waals surface area contributed by atoms with Gasteiger partial charge in [-0.1, -0.05) is 43.0 Å². The van der Waals surface area contributed by atoms with E-state index in [1.807, 2.05) is 36.5 Å². The van der Waals surface area contributed by atoms with Crippen molar-refractivity contribution in [2.75, 3.05) is 13.2 Å². The van der Waals surface area contributed by atoms with Crippen LogP contribution in [0.15, 0.2) is 72.2 Å². The molecule has 0 unspecified atom stereocenters. The van der Waals surface area contributed by atoms with Crippen molar-refractivity contribution in [2.24, 2.45) is 4.99 Å². The van der Waals surface area contributed by atoms with Crippen molar-refractivity contribution < 1.29 is 4.74 Å². The van der Waals surface area contributed by atoms with Crippen LogP contribution in [0.1, 0.15) is 27.1 Å². The molecule has 4 nitrogen and oxygen atoms in total. The smallest absolute Gasteiger partial charge is 0.134 e. The summed E-state index contributed by atoms with van der Waals surface area (Å²) in [6, 6.07) is 20.7. The third-order valence-corrected chi connectivity index (χ3v) is 6.18. The molecule has 1 aromatic heterocycles. The summed E-state index contributed by atoms with van der Waals surface area (Å²) in [5, 5.41) is 10.5. The second kappa shape index (κ2) is 9.53. The Bertz CT molecular complexity index is 1080. The molecule has 0 saturated heterocycles. The minimum absolute atomic E-state index is 0.487. The van der Waals surface area contributed by atoms with E-state index in [0.717, 1.165) is 47.9 Å². The maximum Gasteiger partial charge on any atom is 0.134 e. The number of hydrogen-bond donors (Lipinski definition) is 0. The number of thiophene rings is 1. The zero-order valence-corrected chi connectivity index (χ0v) is 17.6. The first kappa shape index (κ1) is 20.1. The van der Waals surface area contributed by atoms with E-state index in [4.69, 9.17) is 4.74 Å². The Balaban J connectivity index is 1.48. The maximum absolute atomic E-state index is 9.73. The predicted octanol–water partition coefficient (Wildman–Crippen LogP) is 5.49. The van der Waals surface area contributed by atoms with Crippen molar-refractivity contribution in [3.63, 3.8) is 0 Å². The molecule has 0 radical (unpaired) electrons. The molecule has 0 fully saturated rings. The van der Waals surface area contributed by atoms with E-state index in [1.54, 1.807) is 17.4 Å². The fourth-order valence-electron chi connectivity index (χ4n) is 3.56. The molecule has 0 bridgehead atoms. The van der Waals surface area contributed by atoms with Gasteiger partial charge in [0.2, 0.25) is 0 Å². The second-order valence-electron chi connectivity index (χ2n) is 7.17. The van der Waals surface area contributed by atoms with E-state index in [-0.39, 0.29) is 0 Å². The standard InChI is InChI=1S/C25H23N3OS/c1-2-14-29-21-10-8-19(9-11-21)16-27-25-23(15-26)22-12-13-28(18-24(22)30-25)17-20-6-4-3-5-7-20/h2-11,16H,1,12-14,17-18H2. The van der Waals surface area contributed by atoms with Crippen molar-refractivity contribution in [3.8, 4) is 11.8 Å². The Morgan fingerprint density at radius 1 is 1.17 bits per heavy atom. The van der Waals surface area contributed by atoms with Gasteiger partial charge in [0.1, 0.15) is 23.4 Å². The summed E-state index contributed by atoms with van der Waals surface area (Å²) in [6.45, 7) is 6.90. The van der Waals surface area contributed by atoms with Crippen LogP contribution in [0.2, 0.25) is 0 Å². The second-order valence-corrected chi connectivity index (χ2v) is 8.25. The van der Waals surface area contributed by atoms with E-state index < -0.39 is 0 Å². The van der Waals surface area contributed by atoms with Gasteiger partial charge in [-0.15, -0.1) is 11.3 Å². The summed E-state index contributed by atoms with van der Waals surface area (Å²) < 4.78 is 5.51. The highest BCUT2D eigenvalue weighted by Crippen LogP contribution is 2.38. The van der Waals surface area contributed by atoms with Crippen molar-refractivity contribution >= 4 is 22.6 Å². The molecule has 0 atom stereocenters. The van der Waals surface area contributed by atoms with Crippen LogP contribution < -0.4 is 4.74 Å². The zero-order valence-electron chi connectivity index (χ0n) is 16.8. The zero-order chi connectivity index (χ0) is 20.8. The Morgan fingerprint density at radius 3 is 2.70 bits per heavy atom. The largest absolute Gasteiger partial charge is 0.490 e. The monoisotopic (exact) mass is 413 g/mol. The third kappa shape index (κ3) is 4.68. The summed E-state index contributed by atoms with van der Waals surface area (Å²) >= 11 is 1.64. The summed E-state index contributed by atoms with van der Waals surface area (Å²) in [7, 11) is 0. The molecular formula is C25H23N3OS. The molecule has 1 aliphatic rings. The topological polar surface area (TPSA) is 48.6 Å². The average molecular weight is 414 g/mol. The number of nitriles is 1. The van der Waals surface area contributed by atoms with Gasteiger partial charge in [-0.3, -0.25) is 4.90 Å². The highest BCUT2D eigenvalue weighted by molar-refractivity contribution is 7.16. The Hall–Kier alpha value is -3.20. The van der Waals surface area contributed by atoms with Crippen LogP contribution >= 0.6 is 11.3 Å². The molecule has 0 spiro atoms. The van der Waals surface area contributed by atoms with Gasteiger partial charge in [-0.2, -0.15) is 5.26 Å². The van der Waals surface area contributed by atoms with Gasteiger partial charge in [0.15, 0.2) is 0 Å². The van der Waals surface area contributed by atoms with Crippen LogP contribution in [0.25, 0.3) is 0 Å². The van der Waals surface area contributed by atoms with Gasteiger partial charge in [0.25, 0.3) is 0 Å². The van der Waals surface area contributed by atoms with Gasteiger partial charge in [0, 0.05) is 30.7 Å². The Kier molecular flexibility index (Phi) is 6.38. The molecule has 0 amide bonds. The summed E-state index contributed by atoms with van der Waals surface area (Å²) in [4.78, 5) is 8.34. The van der Waals surface area contributed by atoms with Crippen LogP contribution in [0.3, 0.4) is 0 Å². The molecule has 1 aliphatic heterocycles. The Labute approximate surface area is 181 Å². The molecule has 0 aliphatic carbocycles. The number of hydrogen-bond acceptors (Lipinski definition) is 5. The summed E-state index contributed by atoms with van der Waals surface area (Å²) in [5.74, 6) is 0.801. The van der Waals surface area contributed by atoms with Crippen molar-refractivity contribution in [1.82, 2.24) is 4.90 Å². The minimum Gasteiger partial charge on any atom is -0.490 e. The van der Waals surface area contributed by atoms with Crippen LogP contribution in [-0.4, -0.2) is 24.3 Å². The van der Waals surface area contributed by atoms with E-state index in [0.29, 0.717) is 6.61 Å². The highest BCUT2D eigenvalue weighted by atomic mass is 32.1. The van der Waals surface area contributed by atoms with Crippen LogP contribution in [0, 0.1) is 11.3 Å². The molecule has 150 valence electrons. The van der Waals surface area contributed by atoms with Crippen LogP contribution in [-0.2, 0) is 19.5 Å². The first-order chi connectivity index (χ1) is 14.8. The lowest BCUT2D eigenvalue weighted by Crippen LogP contribution is -2.29. The van der Waals surface area contributed by atoms with Gasteiger partial charge in [0.05, 0.1) is 5.56 Å². The van der Waals surface area contributed by atoms with E-state index in [9.17, 15) is 5.26 Å². The molecule has 0 saturated carbocycles. The number of aliphatic imine (C=N–C) groups is 1. The lowest BCUT2D eigenvalue weighted by molar-refractivity contribution is 0.249. The quantitative estimate of drug-likeness (QED) is 0.380. The number of ether oxygens (including phenoxy) is 1. The average Bonchev–Trinajstić information content (AvgIpc) is 3.14. The fourth-order valence-corrected chi connectivity index (χ4v) is 4.75. The van der Waals surface area contributed by atoms with Crippen molar-refractivity contribution in [1.29, 1.82) is 5.26 Å². The lowest BCUT2D eigenvalue weighted by atomic mass is 10.0. The lowest BCUT2D eigenvalue weighted by Gasteiger charge is -2.26. The number of nitrogens with zero attached hydrogens (tertiary/aromatic N) is 3. The Morgan fingerprint density at radius 2 is 1.97 bits per heavy atom. The molecular weight excluding hydrogens is 390 g/mol. The highest BCUT2D eigenvalue weighted by Gasteiger charge is 2.24. The van der Waals surface area contributed by atoms with Gasteiger partial charge in [-0.05, 0) is 47.4 Å². The van der Waals surface area contributed by atoms with Crippen molar-refractivity contribution in [2.45, 2.75) is 19.5 Å². The summed E-state index contributed by atoms with van der Waals surface area (Å²) in [5.41, 5.74) is 4.20. The first-order valence-electron chi connectivity index (χ1n) is 9.95. The number of fused-ring (bicyclic) bond motifs is 1. The van der Waals surface area contributed by atoms with E-state index in [1.165, 1.54) is 16.0 Å². The number of benzene rings is 2. The fraction of sp³-hybridized carbons (Fsp3) is 0.200. The SMILES string of the molecule is C=CCOc1ccc(C=Nc2sc3c(c2C#N)CCN(Cc2ccccc2)C3)cc1. The molecule has 5 heteroatoms. The molecule has 4 rings (SSSR count). The van der Waals surface area contributed by atoms with Crippen LogP contribution in [0.5, 0.6) is 5.75 Å². The molecule has 0 N–H and O–H groups in total. The predicted molar refractivity (Wildman–Crippen MR) is 123 cm³/mol. The normalized spacial score (nSPS) is 13.7. The van der Waals surface area contributed by atoms with Crippen LogP contribution in [0.4, 0.5) is 5.00 Å². The summed E-state index contributed by atoms with van der Waals surface area (Å²) in [6.07, 6.45) is 4.43. The first-order valence-corrected chi connectivity index (χ1v) is 10.8. The molecule has 2 aromatic carbocycles. The van der Waals surface area contributed by atoms with Gasteiger partial charge < -0.3 is 4.74 Å². The van der Waals surface area contributed by atoms with Gasteiger partial charge >= 0.3 is 0 Å². The van der Waals surface area contributed by atoms with E-state index in [2.05, 4.69) is 46.8 Å². The molecule has 2 heterocycles. The molecule has 3 aromatic rings. The van der Waals surface area contributed by atoms with Crippen molar-refractivity contribution in [3.05, 3.63) is 94.4 Å². The van der Waals surface area contributed by atoms with Gasteiger partial charge in [-0.25, -0.2) is 4.99 Å². The minimum atomic E-state index is 0.487.